The van der Waals surface area contributed by atoms with Crippen LogP contribution in [0.4, 0.5) is 13.2 Å². The molecule has 0 bridgehead atoms. The van der Waals surface area contributed by atoms with Crippen molar-refractivity contribution >= 4 is 29.5 Å². The van der Waals surface area contributed by atoms with Crippen LogP contribution in [0.1, 0.15) is 16.8 Å². The highest BCUT2D eigenvalue weighted by atomic mass is 35.5. The summed E-state index contributed by atoms with van der Waals surface area (Å²) in [6.45, 7) is 0.445. The van der Waals surface area contributed by atoms with Gasteiger partial charge in [0, 0.05) is 25.9 Å². The van der Waals surface area contributed by atoms with Crippen molar-refractivity contribution in [2.24, 2.45) is 0 Å². The SMILES string of the molecule is COCCN(Cc1ncccc1Cl)C(=O)CNC(=O)/C=C/c1ccc(C(F)(F)F)cc1. The number of methoxy groups -OCH3 is 1. The summed E-state index contributed by atoms with van der Waals surface area (Å²) in [5, 5.41) is 2.87. The van der Waals surface area contributed by atoms with E-state index in [1.807, 2.05) is 0 Å². The summed E-state index contributed by atoms with van der Waals surface area (Å²) in [6.07, 6.45) is -0.358. The quantitative estimate of drug-likeness (QED) is 0.587. The molecule has 31 heavy (non-hydrogen) atoms. The van der Waals surface area contributed by atoms with E-state index in [-0.39, 0.29) is 32.1 Å². The molecule has 0 aliphatic carbocycles. The van der Waals surface area contributed by atoms with E-state index in [2.05, 4.69) is 10.3 Å². The van der Waals surface area contributed by atoms with Crippen molar-refractivity contribution in [2.75, 3.05) is 26.8 Å². The number of benzene rings is 1. The van der Waals surface area contributed by atoms with E-state index >= 15 is 0 Å². The summed E-state index contributed by atoms with van der Waals surface area (Å²) in [7, 11) is 1.50. The zero-order valence-corrected chi connectivity index (χ0v) is 17.4. The first-order chi connectivity index (χ1) is 14.7. The third kappa shape index (κ3) is 8.03. The molecular formula is C21H21ClF3N3O3. The molecule has 1 N–H and O–H groups in total. The maximum Gasteiger partial charge on any atom is 0.416 e. The number of carbonyl (C=O) groups excluding carboxylic acids is 2. The van der Waals surface area contributed by atoms with Crippen LogP contribution in [0.3, 0.4) is 0 Å². The molecule has 2 rings (SSSR count). The highest BCUT2D eigenvalue weighted by molar-refractivity contribution is 6.31. The number of hydrogen-bond acceptors (Lipinski definition) is 4. The van der Waals surface area contributed by atoms with E-state index in [9.17, 15) is 22.8 Å². The van der Waals surface area contributed by atoms with Gasteiger partial charge in [0.25, 0.3) is 0 Å². The number of ether oxygens (including phenoxy) is 1. The molecule has 2 amide bonds. The minimum atomic E-state index is -4.42. The summed E-state index contributed by atoms with van der Waals surface area (Å²) in [5.74, 6) is -0.925. The summed E-state index contributed by atoms with van der Waals surface area (Å²) in [6, 6.07) is 7.70. The molecule has 0 aliphatic rings. The van der Waals surface area contributed by atoms with Crippen molar-refractivity contribution < 1.29 is 27.5 Å². The van der Waals surface area contributed by atoms with Crippen LogP contribution in [0, 0.1) is 0 Å². The van der Waals surface area contributed by atoms with Gasteiger partial charge < -0.3 is 15.0 Å². The Kier molecular flexibility index (Phi) is 9.02. The second-order valence-electron chi connectivity index (χ2n) is 6.41. The zero-order valence-electron chi connectivity index (χ0n) is 16.7. The lowest BCUT2D eigenvalue weighted by molar-refractivity contribution is -0.137. The summed E-state index contributed by atoms with van der Waals surface area (Å²) >= 11 is 6.10. The maximum absolute atomic E-state index is 12.6. The smallest absolute Gasteiger partial charge is 0.383 e. The maximum atomic E-state index is 12.6. The third-order valence-corrected chi connectivity index (χ3v) is 4.52. The van der Waals surface area contributed by atoms with Crippen LogP contribution >= 0.6 is 11.6 Å². The lowest BCUT2D eigenvalue weighted by Gasteiger charge is -2.22. The van der Waals surface area contributed by atoms with Crippen molar-refractivity contribution in [2.45, 2.75) is 12.7 Å². The first-order valence-corrected chi connectivity index (χ1v) is 9.57. The molecule has 2 aromatic rings. The van der Waals surface area contributed by atoms with E-state index in [0.717, 1.165) is 18.2 Å². The number of carbonyl (C=O) groups is 2. The number of halogens is 4. The Morgan fingerprint density at radius 1 is 1.23 bits per heavy atom. The Balaban J connectivity index is 1.92. The molecule has 166 valence electrons. The fraction of sp³-hybridized carbons (Fsp3) is 0.286. The normalized spacial score (nSPS) is 11.5. The van der Waals surface area contributed by atoms with Gasteiger partial charge in [0.2, 0.25) is 11.8 Å². The average Bonchev–Trinajstić information content (AvgIpc) is 2.74. The third-order valence-electron chi connectivity index (χ3n) is 4.17. The van der Waals surface area contributed by atoms with Crippen LogP contribution < -0.4 is 5.32 Å². The van der Waals surface area contributed by atoms with Crippen LogP contribution in [-0.4, -0.2) is 48.5 Å². The van der Waals surface area contributed by atoms with E-state index in [1.54, 1.807) is 18.3 Å². The number of nitrogens with one attached hydrogen (secondary N) is 1. The van der Waals surface area contributed by atoms with Crippen molar-refractivity contribution in [3.05, 3.63) is 70.5 Å². The Labute approximate surface area is 182 Å². The molecule has 0 saturated carbocycles. The van der Waals surface area contributed by atoms with Crippen molar-refractivity contribution in [1.29, 1.82) is 0 Å². The molecule has 0 unspecified atom stereocenters. The topological polar surface area (TPSA) is 71.5 Å². The second kappa shape index (κ2) is 11.5. The fourth-order valence-corrected chi connectivity index (χ4v) is 2.68. The van der Waals surface area contributed by atoms with Crippen LogP contribution in [0.2, 0.25) is 5.02 Å². The minimum Gasteiger partial charge on any atom is -0.383 e. The van der Waals surface area contributed by atoms with E-state index in [1.165, 1.54) is 30.2 Å². The van der Waals surface area contributed by atoms with Gasteiger partial charge in [-0.15, -0.1) is 0 Å². The van der Waals surface area contributed by atoms with E-state index < -0.39 is 17.6 Å². The van der Waals surface area contributed by atoms with Gasteiger partial charge in [0.1, 0.15) is 0 Å². The first-order valence-electron chi connectivity index (χ1n) is 9.20. The summed E-state index contributed by atoms with van der Waals surface area (Å²) in [4.78, 5) is 30.1. The molecule has 1 heterocycles. The first kappa shape index (κ1) is 24.4. The molecule has 1 aromatic heterocycles. The number of pyridine rings is 1. The Morgan fingerprint density at radius 2 is 1.94 bits per heavy atom. The highest BCUT2D eigenvalue weighted by Gasteiger charge is 2.29. The van der Waals surface area contributed by atoms with Gasteiger partial charge >= 0.3 is 6.18 Å². The molecule has 0 fully saturated rings. The van der Waals surface area contributed by atoms with E-state index in [0.29, 0.717) is 16.3 Å². The average molecular weight is 456 g/mol. The molecule has 6 nitrogen and oxygen atoms in total. The van der Waals surface area contributed by atoms with Gasteiger partial charge in [-0.25, -0.2) is 0 Å². The predicted molar refractivity (Wildman–Crippen MR) is 110 cm³/mol. The fourth-order valence-electron chi connectivity index (χ4n) is 2.50. The standard InChI is InChI=1S/C21H21ClF3N3O3/c1-31-12-11-28(14-18-17(22)3-2-10-26-18)20(30)13-27-19(29)9-6-15-4-7-16(8-5-15)21(23,24)25/h2-10H,11-14H2,1H3,(H,27,29)/b9-6+. The lowest BCUT2D eigenvalue weighted by atomic mass is 10.1. The molecule has 10 heteroatoms. The van der Waals surface area contributed by atoms with Crippen molar-refractivity contribution in [1.82, 2.24) is 15.2 Å². The van der Waals surface area contributed by atoms with Crippen molar-refractivity contribution in [3.8, 4) is 0 Å². The van der Waals surface area contributed by atoms with Gasteiger partial charge in [0.15, 0.2) is 0 Å². The number of amides is 2. The monoisotopic (exact) mass is 455 g/mol. The molecule has 0 radical (unpaired) electrons. The largest absolute Gasteiger partial charge is 0.416 e. The van der Waals surface area contributed by atoms with Crippen LogP contribution in [0.25, 0.3) is 6.08 Å². The predicted octanol–water partition coefficient (Wildman–Crippen LogP) is 3.56. The van der Waals surface area contributed by atoms with E-state index in [4.69, 9.17) is 16.3 Å². The second-order valence-corrected chi connectivity index (χ2v) is 6.82. The number of hydrogen-bond donors (Lipinski definition) is 1. The highest BCUT2D eigenvalue weighted by Crippen LogP contribution is 2.29. The number of aromatic nitrogens is 1. The lowest BCUT2D eigenvalue weighted by Crippen LogP contribution is -2.41. The molecule has 1 aromatic carbocycles. The van der Waals surface area contributed by atoms with Crippen LogP contribution in [0.5, 0.6) is 0 Å². The summed E-state index contributed by atoms with van der Waals surface area (Å²) in [5.41, 5.74) is 0.159. The molecule has 0 saturated heterocycles. The molecule has 0 spiro atoms. The number of rotatable bonds is 9. The minimum absolute atomic E-state index is 0.152. The van der Waals surface area contributed by atoms with Gasteiger partial charge in [-0.05, 0) is 35.9 Å². The van der Waals surface area contributed by atoms with Crippen LogP contribution in [0.15, 0.2) is 48.7 Å². The van der Waals surface area contributed by atoms with Gasteiger partial charge in [0.05, 0.1) is 36.0 Å². The Hall–Kier alpha value is -2.91. The Morgan fingerprint density at radius 3 is 2.55 bits per heavy atom. The molecule has 0 aliphatic heterocycles. The zero-order chi connectivity index (χ0) is 22.9. The van der Waals surface area contributed by atoms with Gasteiger partial charge in [-0.1, -0.05) is 23.7 Å². The van der Waals surface area contributed by atoms with Gasteiger partial charge in [-0.2, -0.15) is 13.2 Å². The summed E-state index contributed by atoms with van der Waals surface area (Å²) < 4.78 is 42.7. The van der Waals surface area contributed by atoms with Gasteiger partial charge in [-0.3, -0.25) is 14.6 Å². The number of alkyl halides is 3. The Bertz CT molecular complexity index is 918. The number of nitrogens with zero attached hydrogens (tertiary/aromatic N) is 2. The molecule has 0 atom stereocenters. The van der Waals surface area contributed by atoms with Crippen LogP contribution in [-0.2, 0) is 27.0 Å². The molecular weight excluding hydrogens is 435 g/mol. The van der Waals surface area contributed by atoms with Crippen molar-refractivity contribution in [3.63, 3.8) is 0 Å².